The van der Waals surface area contributed by atoms with Crippen LogP contribution in [0, 0.1) is 19.7 Å². The van der Waals surface area contributed by atoms with E-state index >= 15 is 0 Å². The SMILES string of the molecule is Cc1ccc(C)c(S(=O)(=O)N2CCN(C(=O)c3cccc(F)c3)CC2)c1. The maximum Gasteiger partial charge on any atom is 0.254 e. The summed E-state index contributed by atoms with van der Waals surface area (Å²) in [5.74, 6) is -0.750. The molecule has 1 saturated heterocycles. The summed E-state index contributed by atoms with van der Waals surface area (Å²) in [5, 5.41) is 0. The first-order chi connectivity index (χ1) is 12.3. The Labute approximate surface area is 153 Å². The summed E-state index contributed by atoms with van der Waals surface area (Å²) < 4.78 is 40.6. The lowest BCUT2D eigenvalue weighted by molar-refractivity contribution is 0.0697. The number of aryl methyl sites for hydroxylation is 2. The van der Waals surface area contributed by atoms with Gasteiger partial charge < -0.3 is 4.90 Å². The summed E-state index contributed by atoms with van der Waals surface area (Å²) in [6.07, 6.45) is 0. The Morgan fingerprint density at radius 1 is 1.00 bits per heavy atom. The average Bonchev–Trinajstić information content (AvgIpc) is 2.63. The van der Waals surface area contributed by atoms with Crippen LogP contribution in [0.25, 0.3) is 0 Å². The molecule has 0 unspecified atom stereocenters. The van der Waals surface area contributed by atoms with Crippen molar-refractivity contribution < 1.29 is 17.6 Å². The maximum atomic E-state index is 13.3. The zero-order valence-electron chi connectivity index (χ0n) is 14.8. The number of carbonyl (C=O) groups excluding carboxylic acids is 1. The average molecular weight is 376 g/mol. The molecule has 1 fully saturated rings. The monoisotopic (exact) mass is 376 g/mol. The second kappa shape index (κ2) is 7.17. The van der Waals surface area contributed by atoms with Crippen LogP contribution in [0.2, 0.25) is 0 Å². The van der Waals surface area contributed by atoms with Gasteiger partial charge in [-0.1, -0.05) is 18.2 Å². The number of hydrogen-bond donors (Lipinski definition) is 0. The predicted molar refractivity (Wildman–Crippen MR) is 97.0 cm³/mol. The number of rotatable bonds is 3. The van der Waals surface area contributed by atoms with Gasteiger partial charge in [-0.15, -0.1) is 0 Å². The van der Waals surface area contributed by atoms with Crippen molar-refractivity contribution in [2.24, 2.45) is 0 Å². The quantitative estimate of drug-likeness (QED) is 0.827. The van der Waals surface area contributed by atoms with Crippen LogP contribution in [0.4, 0.5) is 4.39 Å². The Morgan fingerprint density at radius 2 is 1.69 bits per heavy atom. The number of hydrogen-bond acceptors (Lipinski definition) is 3. The third-order valence-electron chi connectivity index (χ3n) is 4.56. The molecule has 1 heterocycles. The number of carbonyl (C=O) groups is 1. The largest absolute Gasteiger partial charge is 0.336 e. The molecule has 0 bridgehead atoms. The van der Waals surface area contributed by atoms with Crippen molar-refractivity contribution in [1.82, 2.24) is 9.21 Å². The minimum atomic E-state index is -3.60. The number of halogens is 1. The molecule has 0 spiro atoms. The molecule has 2 aromatic carbocycles. The fraction of sp³-hybridized carbons (Fsp3) is 0.316. The zero-order valence-corrected chi connectivity index (χ0v) is 15.6. The molecular formula is C19H21FN2O3S. The number of nitrogens with zero attached hydrogens (tertiary/aromatic N) is 2. The van der Waals surface area contributed by atoms with Gasteiger partial charge in [0, 0.05) is 31.7 Å². The van der Waals surface area contributed by atoms with E-state index in [9.17, 15) is 17.6 Å². The summed E-state index contributed by atoms with van der Waals surface area (Å²) in [4.78, 5) is 14.3. The van der Waals surface area contributed by atoms with Crippen LogP contribution in [-0.4, -0.2) is 49.7 Å². The van der Waals surface area contributed by atoms with Gasteiger partial charge in [-0.25, -0.2) is 12.8 Å². The van der Waals surface area contributed by atoms with E-state index in [1.807, 2.05) is 13.0 Å². The molecule has 7 heteroatoms. The van der Waals surface area contributed by atoms with Crippen molar-refractivity contribution in [2.75, 3.05) is 26.2 Å². The van der Waals surface area contributed by atoms with Gasteiger partial charge in [-0.2, -0.15) is 4.31 Å². The van der Waals surface area contributed by atoms with E-state index in [1.165, 1.54) is 22.5 Å². The van der Waals surface area contributed by atoms with Crippen molar-refractivity contribution in [2.45, 2.75) is 18.7 Å². The normalized spacial score (nSPS) is 15.9. The second-order valence-electron chi connectivity index (χ2n) is 6.48. The molecular weight excluding hydrogens is 355 g/mol. The van der Waals surface area contributed by atoms with Crippen LogP contribution in [0.3, 0.4) is 0 Å². The molecule has 1 amide bonds. The molecule has 26 heavy (non-hydrogen) atoms. The van der Waals surface area contributed by atoms with Crippen LogP contribution < -0.4 is 0 Å². The highest BCUT2D eigenvalue weighted by molar-refractivity contribution is 7.89. The minimum absolute atomic E-state index is 0.219. The van der Waals surface area contributed by atoms with E-state index in [4.69, 9.17) is 0 Å². The first-order valence-corrected chi connectivity index (χ1v) is 9.85. The Kier molecular flexibility index (Phi) is 5.11. The van der Waals surface area contributed by atoms with Gasteiger partial charge in [0.05, 0.1) is 4.90 Å². The summed E-state index contributed by atoms with van der Waals surface area (Å²) in [6, 6.07) is 10.9. The standard InChI is InChI=1S/C19H21FN2O3S/c1-14-6-7-15(2)18(12-14)26(24,25)22-10-8-21(9-11-22)19(23)16-4-3-5-17(20)13-16/h3-7,12-13H,8-11H2,1-2H3. The maximum absolute atomic E-state index is 13.3. The van der Waals surface area contributed by atoms with Gasteiger partial charge in [-0.05, 0) is 49.2 Å². The molecule has 138 valence electrons. The van der Waals surface area contributed by atoms with Crippen molar-refractivity contribution in [3.8, 4) is 0 Å². The van der Waals surface area contributed by atoms with Gasteiger partial charge in [0.25, 0.3) is 5.91 Å². The molecule has 0 aliphatic carbocycles. The molecule has 1 aliphatic heterocycles. The minimum Gasteiger partial charge on any atom is -0.336 e. The molecule has 0 aromatic heterocycles. The highest BCUT2D eigenvalue weighted by Crippen LogP contribution is 2.23. The van der Waals surface area contributed by atoms with E-state index in [1.54, 1.807) is 30.0 Å². The van der Waals surface area contributed by atoms with Crippen LogP contribution in [0.15, 0.2) is 47.4 Å². The van der Waals surface area contributed by atoms with Crippen molar-refractivity contribution >= 4 is 15.9 Å². The van der Waals surface area contributed by atoms with Gasteiger partial charge in [-0.3, -0.25) is 4.79 Å². The summed E-state index contributed by atoms with van der Waals surface area (Å²) in [6.45, 7) is 4.62. The molecule has 5 nitrogen and oxygen atoms in total. The first-order valence-electron chi connectivity index (χ1n) is 8.41. The van der Waals surface area contributed by atoms with Crippen molar-refractivity contribution in [3.63, 3.8) is 0 Å². The summed E-state index contributed by atoms with van der Waals surface area (Å²) in [7, 11) is -3.60. The molecule has 0 atom stereocenters. The van der Waals surface area contributed by atoms with Gasteiger partial charge in [0.2, 0.25) is 10.0 Å². The van der Waals surface area contributed by atoms with Crippen molar-refractivity contribution in [1.29, 1.82) is 0 Å². The van der Waals surface area contributed by atoms with Gasteiger partial charge >= 0.3 is 0 Å². The number of amides is 1. The first kappa shape index (κ1) is 18.5. The lowest BCUT2D eigenvalue weighted by Crippen LogP contribution is -2.50. The highest BCUT2D eigenvalue weighted by atomic mass is 32.2. The molecule has 0 radical (unpaired) electrons. The smallest absolute Gasteiger partial charge is 0.254 e. The Balaban J connectivity index is 1.74. The predicted octanol–water partition coefficient (Wildman–Crippen LogP) is 2.59. The van der Waals surface area contributed by atoms with E-state index in [2.05, 4.69) is 0 Å². The Hall–Kier alpha value is -2.25. The van der Waals surface area contributed by atoms with Crippen LogP contribution in [0.1, 0.15) is 21.5 Å². The van der Waals surface area contributed by atoms with E-state index in [0.717, 1.165) is 5.56 Å². The fourth-order valence-electron chi connectivity index (χ4n) is 3.06. The number of benzene rings is 2. The fourth-order valence-corrected chi connectivity index (χ4v) is 4.79. The van der Waals surface area contributed by atoms with Gasteiger partial charge in [0.15, 0.2) is 0 Å². The third kappa shape index (κ3) is 3.64. The van der Waals surface area contributed by atoms with Crippen LogP contribution in [-0.2, 0) is 10.0 Å². The molecule has 2 aromatic rings. The zero-order chi connectivity index (χ0) is 18.9. The number of piperazine rings is 1. The van der Waals surface area contributed by atoms with E-state index in [0.29, 0.717) is 10.5 Å². The molecule has 0 saturated carbocycles. The summed E-state index contributed by atoms with van der Waals surface area (Å²) >= 11 is 0. The van der Waals surface area contributed by atoms with Crippen molar-refractivity contribution in [3.05, 3.63) is 65.0 Å². The third-order valence-corrected chi connectivity index (χ3v) is 6.60. The topological polar surface area (TPSA) is 57.7 Å². The second-order valence-corrected chi connectivity index (χ2v) is 8.38. The lowest BCUT2D eigenvalue weighted by Gasteiger charge is -2.34. The van der Waals surface area contributed by atoms with Crippen LogP contribution in [0.5, 0.6) is 0 Å². The number of sulfonamides is 1. The van der Waals surface area contributed by atoms with E-state index < -0.39 is 15.8 Å². The summed E-state index contributed by atoms with van der Waals surface area (Å²) in [5.41, 5.74) is 1.86. The molecule has 3 rings (SSSR count). The van der Waals surface area contributed by atoms with Gasteiger partial charge in [0.1, 0.15) is 5.82 Å². The highest BCUT2D eigenvalue weighted by Gasteiger charge is 2.31. The van der Waals surface area contributed by atoms with Crippen LogP contribution >= 0.6 is 0 Å². The lowest BCUT2D eigenvalue weighted by atomic mass is 10.2. The Morgan fingerprint density at radius 3 is 2.35 bits per heavy atom. The Bertz CT molecular complexity index is 936. The van der Waals surface area contributed by atoms with E-state index in [-0.39, 0.29) is 37.6 Å². The molecule has 0 N–H and O–H groups in total. The molecule has 1 aliphatic rings.